The Bertz CT molecular complexity index is 882. The number of phenolic OH excluding ortho intramolecular Hbond substituents is 1. The van der Waals surface area contributed by atoms with Crippen molar-refractivity contribution >= 4 is 16.6 Å². The standard InChI is InChI=1S/C17H16N2O4/c1-3-23-14-7-4-12(5-8-14)18-11(2)17(19(21)22)15-9-6-13(20)10-16(15)18/h4-10,20H,3H2,1-2H3. The van der Waals surface area contributed by atoms with E-state index >= 15 is 0 Å². The molecule has 2 aromatic carbocycles. The van der Waals surface area contributed by atoms with E-state index in [1.165, 1.54) is 12.1 Å². The van der Waals surface area contributed by atoms with E-state index in [4.69, 9.17) is 4.74 Å². The number of benzene rings is 2. The van der Waals surface area contributed by atoms with Crippen molar-refractivity contribution in [2.24, 2.45) is 0 Å². The highest BCUT2D eigenvalue weighted by atomic mass is 16.6. The van der Waals surface area contributed by atoms with Crippen molar-refractivity contribution in [2.45, 2.75) is 13.8 Å². The average Bonchev–Trinajstić information content (AvgIpc) is 2.80. The van der Waals surface area contributed by atoms with Crippen LogP contribution in [0.4, 0.5) is 5.69 Å². The maximum atomic E-state index is 11.4. The van der Waals surface area contributed by atoms with Crippen LogP contribution >= 0.6 is 0 Å². The van der Waals surface area contributed by atoms with Gasteiger partial charge < -0.3 is 14.4 Å². The monoisotopic (exact) mass is 312 g/mol. The fourth-order valence-corrected chi connectivity index (χ4v) is 2.81. The van der Waals surface area contributed by atoms with Crippen LogP contribution in [0.25, 0.3) is 16.6 Å². The Morgan fingerprint density at radius 2 is 1.91 bits per heavy atom. The second kappa shape index (κ2) is 5.64. The second-order valence-electron chi connectivity index (χ2n) is 5.15. The number of fused-ring (bicyclic) bond motifs is 1. The Morgan fingerprint density at radius 1 is 1.22 bits per heavy atom. The van der Waals surface area contributed by atoms with Crippen molar-refractivity contribution in [3.05, 3.63) is 58.3 Å². The third-order valence-electron chi connectivity index (χ3n) is 3.74. The minimum absolute atomic E-state index is 0.0499. The number of nitrogens with zero attached hydrogens (tertiary/aromatic N) is 2. The number of phenols is 1. The number of aromatic hydroxyl groups is 1. The van der Waals surface area contributed by atoms with Crippen LogP contribution in [-0.4, -0.2) is 21.2 Å². The first-order valence-corrected chi connectivity index (χ1v) is 7.24. The van der Waals surface area contributed by atoms with Crippen molar-refractivity contribution in [1.29, 1.82) is 0 Å². The summed E-state index contributed by atoms with van der Waals surface area (Å²) in [6.07, 6.45) is 0. The van der Waals surface area contributed by atoms with E-state index in [-0.39, 0.29) is 16.4 Å². The van der Waals surface area contributed by atoms with Crippen LogP contribution < -0.4 is 4.74 Å². The number of nitro groups is 1. The Balaban J connectivity index is 2.25. The lowest BCUT2D eigenvalue weighted by molar-refractivity contribution is -0.383. The molecule has 1 aromatic heterocycles. The van der Waals surface area contributed by atoms with Crippen LogP contribution in [0, 0.1) is 17.0 Å². The summed E-state index contributed by atoms with van der Waals surface area (Å²) in [5, 5.41) is 21.7. The summed E-state index contributed by atoms with van der Waals surface area (Å²) in [7, 11) is 0. The van der Waals surface area contributed by atoms with Gasteiger partial charge in [0.25, 0.3) is 5.69 Å². The van der Waals surface area contributed by atoms with Crippen LogP contribution in [-0.2, 0) is 0 Å². The zero-order valence-corrected chi connectivity index (χ0v) is 12.8. The molecule has 0 radical (unpaired) electrons. The molecule has 6 nitrogen and oxygen atoms in total. The minimum atomic E-state index is -0.389. The molecule has 0 amide bonds. The van der Waals surface area contributed by atoms with E-state index in [0.717, 1.165) is 11.4 Å². The zero-order chi connectivity index (χ0) is 16.6. The van der Waals surface area contributed by atoms with Gasteiger partial charge in [-0.3, -0.25) is 10.1 Å². The van der Waals surface area contributed by atoms with Crippen LogP contribution in [0.1, 0.15) is 12.6 Å². The van der Waals surface area contributed by atoms with Gasteiger partial charge in [0, 0.05) is 11.8 Å². The number of hydrogen-bond acceptors (Lipinski definition) is 4. The fourth-order valence-electron chi connectivity index (χ4n) is 2.81. The van der Waals surface area contributed by atoms with Gasteiger partial charge in [-0.15, -0.1) is 0 Å². The van der Waals surface area contributed by atoms with Gasteiger partial charge in [0.05, 0.1) is 28.1 Å². The molecule has 0 bridgehead atoms. The molecule has 0 aliphatic carbocycles. The molecule has 3 rings (SSSR count). The molecule has 0 unspecified atom stereocenters. The largest absolute Gasteiger partial charge is 0.508 e. The highest BCUT2D eigenvalue weighted by molar-refractivity contribution is 5.93. The first-order valence-electron chi connectivity index (χ1n) is 7.24. The SMILES string of the molecule is CCOc1ccc(-n2c(C)c([N+](=O)[O-])c3ccc(O)cc32)cc1. The molecule has 0 saturated carbocycles. The van der Waals surface area contributed by atoms with E-state index in [2.05, 4.69) is 0 Å². The smallest absolute Gasteiger partial charge is 0.298 e. The molecular weight excluding hydrogens is 296 g/mol. The summed E-state index contributed by atoms with van der Waals surface area (Å²) in [6.45, 7) is 4.18. The number of hydrogen-bond donors (Lipinski definition) is 1. The van der Waals surface area contributed by atoms with Gasteiger partial charge >= 0.3 is 0 Å². The van der Waals surface area contributed by atoms with Crippen LogP contribution in [0.2, 0.25) is 0 Å². The summed E-state index contributed by atoms with van der Waals surface area (Å²) in [5.41, 5.74) is 1.93. The summed E-state index contributed by atoms with van der Waals surface area (Å²) >= 11 is 0. The molecule has 0 fully saturated rings. The van der Waals surface area contributed by atoms with E-state index < -0.39 is 0 Å². The third kappa shape index (κ3) is 2.48. The molecule has 0 spiro atoms. The fraction of sp³-hybridized carbons (Fsp3) is 0.176. The van der Waals surface area contributed by atoms with Gasteiger partial charge in [-0.25, -0.2) is 0 Å². The zero-order valence-electron chi connectivity index (χ0n) is 12.8. The molecule has 1 N–H and O–H groups in total. The maximum Gasteiger partial charge on any atom is 0.298 e. The Kier molecular flexibility index (Phi) is 3.65. The van der Waals surface area contributed by atoms with Crippen LogP contribution in [0.3, 0.4) is 0 Å². The summed E-state index contributed by atoms with van der Waals surface area (Å²) in [4.78, 5) is 11.0. The normalized spacial score (nSPS) is 10.9. The lowest BCUT2D eigenvalue weighted by Gasteiger charge is -2.09. The predicted octanol–water partition coefficient (Wildman–Crippen LogP) is 3.95. The lowest BCUT2D eigenvalue weighted by atomic mass is 10.2. The van der Waals surface area contributed by atoms with Crippen LogP contribution in [0.5, 0.6) is 11.5 Å². The van der Waals surface area contributed by atoms with Crippen molar-refractivity contribution in [3.8, 4) is 17.2 Å². The van der Waals surface area contributed by atoms with E-state index in [9.17, 15) is 15.2 Å². The van der Waals surface area contributed by atoms with Gasteiger partial charge in [-0.05, 0) is 50.2 Å². The highest BCUT2D eigenvalue weighted by Crippen LogP contribution is 2.36. The van der Waals surface area contributed by atoms with E-state index in [0.29, 0.717) is 23.2 Å². The summed E-state index contributed by atoms with van der Waals surface area (Å²) < 4.78 is 7.19. The van der Waals surface area contributed by atoms with Crippen molar-refractivity contribution in [2.75, 3.05) is 6.61 Å². The van der Waals surface area contributed by atoms with Gasteiger partial charge in [-0.2, -0.15) is 0 Å². The van der Waals surface area contributed by atoms with Crippen LogP contribution in [0.15, 0.2) is 42.5 Å². The number of rotatable bonds is 4. The molecule has 6 heteroatoms. The Hall–Kier alpha value is -3.02. The quantitative estimate of drug-likeness (QED) is 0.584. The first kappa shape index (κ1) is 14.9. The molecule has 0 aliphatic heterocycles. The summed E-state index contributed by atoms with van der Waals surface area (Å²) in [6, 6.07) is 11.9. The molecule has 0 atom stereocenters. The van der Waals surface area contributed by atoms with Crippen molar-refractivity contribution < 1.29 is 14.8 Å². The molecule has 118 valence electrons. The average molecular weight is 312 g/mol. The minimum Gasteiger partial charge on any atom is -0.508 e. The molecule has 23 heavy (non-hydrogen) atoms. The van der Waals surface area contributed by atoms with Gasteiger partial charge in [0.1, 0.15) is 11.5 Å². The summed E-state index contributed by atoms with van der Waals surface area (Å²) in [5.74, 6) is 0.805. The Morgan fingerprint density at radius 3 is 2.52 bits per heavy atom. The molecular formula is C17H16N2O4. The van der Waals surface area contributed by atoms with E-state index in [1.807, 2.05) is 31.2 Å². The molecule has 0 saturated heterocycles. The molecule has 0 aliphatic rings. The number of ether oxygens (including phenoxy) is 1. The topological polar surface area (TPSA) is 77.5 Å². The maximum absolute atomic E-state index is 11.4. The predicted molar refractivity (Wildman–Crippen MR) is 87.5 cm³/mol. The molecule has 3 aromatic rings. The second-order valence-corrected chi connectivity index (χ2v) is 5.15. The Labute approximate surface area is 132 Å². The number of aromatic nitrogens is 1. The third-order valence-corrected chi connectivity index (χ3v) is 3.74. The van der Waals surface area contributed by atoms with E-state index in [1.54, 1.807) is 17.6 Å². The van der Waals surface area contributed by atoms with Gasteiger partial charge in [0.2, 0.25) is 0 Å². The lowest BCUT2D eigenvalue weighted by Crippen LogP contribution is -1.98. The first-order chi connectivity index (χ1) is 11.0. The van der Waals surface area contributed by atoms with Crippen molar-refractivity contribution in [3.63, 3.8) is 0 Å². The van der Waals surface area contributed by atoms with Gasteiger partial charge in [0.15, 0.2) is 0 Å². The highest BCUT2D eigenvalue weighted by Gasteiger charge is 2.24. The van der Waals surface area contributed by atoms with Crippen molar-refractivity contribution in [1.82, 2.24) is 4.57 Å². The van der Waals surface area contributed by atoms with Gasteiger partial charge in [-0.1, -0.05) is 0 Å². The molecule has 1 heterocycles.